The molecule has 0 fully saturated rings. The van der Waals surface area contributed by atoms with Crippen LogP contribution in [0.2, 0.25) is 0 Å². The van der Waals surface area contributed by atoms with Crippen molar-refractivity contribution in [2.24, 2.45) is 5.73 Å². The van der Waals surface area contributed by atoms with Crippen LogP contribution in [0.25, 0.3) is 33.2 Å². The van der Waals surface area contributed by atoms with Crippen LogP contribution >= 0.6 is 0 Å². The normalized spacial score (nSPS) is 13.4. The summed E-state index contributed by atoms with van der Waals surface area (Å²) in [6.07, 6.45) is 5.03. The summed E-state index contributed by atoms with van der Waals surface area (Å²) in [6.45, 7) is 4.64. The van der Waals surface area contributed by atoms with Crippen molar-refractivity contribution >= 4 is 27.9 Å². The first-order chi connectivity index (χ1) is 16.0. The maximum Gasteiger partial charge on any atom is 0.330 e. The molecule has 0 atom stereocenters. The number of fused-ring (bicyclic) bond motifs is 3. The SMILES string of the molecule is CC(=O)On1c(=O)c(-c2c(C)n(CCCN)c3ccccc23)nc2cc3c(cc21)CCCC3. The topological polar surface area (TPSA) is 92.1 Å². The van der Waals surface area contributed by atoms with Gasteiger partial charge in [0, 0.05) is 35.6 Å². The van der Waals surface area contributed by atoms with Crippen LogP contribution in [0.1, 0.15) is 43.0 Å². The van der Waals surface area contributed by atoms with Crippen molar-refractivity contribution in [3.8, 4) is 11.3 Å². The summed E-state index contributed by atoms with van der Waals surface area (Å²) >= 11 is 0. The van der Waals surface area contributed by atoms with Crippen molar-refractivity contribution < 1.29 is 9.63 Å². The number of aromatic nitrogens is 3. The minimum absolute atomic E-state index is 0.291. The van der Waals surface area contributed by atoms with Gasteiger partial charge in [-0.2, -0.15) is 0 Å². The van der Waals surface area contributed by atoms with E-state index in [0.717, 1.165) is 65.5 Å². The van der Waals surface area contributed by atoms with Crippen LogP contribution in [0.4, 0.5) is 0 Å². The molecule has 7 nitrogen and oxygen atoms in total. The standard InChI is InChI=1S/C26H28N4O3/c1-16-24(20-10-5-6-11-22(20)29(16)13-7-12-27)25-26(32)30(33-17(2)31)23-15-19-9-4-3-8-18(19)14-21(23)28-25/h5-6,10-11,14-15H,3-4,7-9,12-13,27H2,1-2H3. The quantitative estimate of drug-likeness (QED) is 0.508. The summed E-state index contributed by atoms with van der Waals surface area (Å²) in [5.74, 6) is -0.546. The second-order valence-electron chi connectivity index (χ2n) is 8.73. The molecule has 1 aliphatic rings. The molecule has 2 aromatic heterocycles. The lowest BCUT2D eigenvalue weighted by atomic mass is 9.91. The number of nitrogens with two attached hydrogens (primary N) is 1. The second kappa shape index (κ2) is 8.48. The molecule has 0 amide bonds. The molecule has 0 unspecified atom stereocenters. The van der Waals surface area contributed by atoms with Crippen LogP contribution in [0, 0.1) is 6.92 Å². The molecule has 1 aliphatic carbocycles. The van der Waals surface area contributed by atoms with E-state index in [2.05, 4.69) is 10.6 Å². The Morgan fingerprint density at radius 2 is 1.85 bits per heavy atom. The lowest BCUT2D eigenvalue weighted by molar-refractivity contribution is -0.141. The summed E-state index contributed by atoms with van der Waals surface area (Å²) in [5, 5.41) is 0.948. The van der Waals surface area contributed by atoms with Crippen LogP contribution in [0.15, 0.2) is 41.2 Å². The van der Waals surface area contributed by atoms with E-state index < -0.39 is 11.5 Å². The van der Waals surface area contributed by atoms with Crippen LogP contribution in [0.3, 0.4) is 0 Å². The molecule has 0 saturated carbocycles. The third-order valence-corrected chi connectivity index (χ3v) is 6.55. The number of hydrogen-bond acceptors (Lipinski definition) is 5. The predicted octanol–water partition coefficient (Wildman–Crippen LogP) is 3.53. The number of carbonyl (C=O) groups is 1. The zero-order chi connectivity index (χ0) is 23.1. The molecule has 2 heterocycles. The summed E-state index contributed by atoms with van der Waals surface area (Å²) in [6, 6.07) is 12.0. The van der Waals surface area contributed by atoms with Gasteiger partial charge in [0.1, 0.15) is 11.2 Å². The summed E-state index contributed by atoms with van der Waals surface area (Å²) in [4.78, 5) is 35.9. The molecule has 0 radical (unpaired) electrons. The highest BCUT2D eigenvalue weighted by molar-refractivity contribution is 5.98. The van der Waals surface area contributed by atoms with Gasteiger partial charge >= 0.3 is 11.5 Å². The molecule has 4 aromatic rings. The lowest BCUT2D eigenvalue weighted by Gasteiger charge is -2.18. The predicted molar refractivity (Wildman–Crippen MR) is 129 cm³/mol. The van der Waals surface area contributed by atoms with E-state index in [-0.39, 0.29) is 0 Å². The third-order valence-electron chi connectivity index (χ3n) is 6.55. The van der Waals surface area contributed by atoms with Gasteiger partial charge in [0.25, 0.3) is 0 Å². The molecule has 2 N–H and O–H groups in total. The van der Waals surface area contributed by atoms with E-state index in [1.54, 1.807) is 0 Å². The van der Waals surface area contributed by atoms with E-state index in [0.29, 0.717) is 23.3 Å². The Balaban J connectivity index is 1.83. The van der Waals surface area contributed by atoms with E-state index in [9.17, 15) is 9.59 Å². The van der Waals surface area contributed by atoms with Crippen LogP contribution in [0.5, 0.6) is 0 Å². The highest BCUT2D eigenvalue weighted by Crippen LogP contribution is 2.34. The Labute approximate surface area is 191 Å². The van der Waals surface area contributed by atoms with Gasteiger partial charge in [-0.15, -0.1) is 4.73 Å². The highest BCUT2D eigenvalue weighted by Gasteiger charge is 2.23. The first-order valence-electron chi connectivity index (χ1n) is 11.6. The Morgan fingerprint density at radius 3 is 2.58 bits per heavy atom. The van der Waals surface area contributed by atoms with E-state index in [4.69, 9.17) is 15.6 Å². The fourth-order valence-electron chi connectivity index (χ4n) is 5.04. The summed E-state index contributed by atoms with van der Waals surface area (Å²) < 4.78 is 3.31. The molecule has 0 aliphatic heterocycles. The van der Waals surface area contributed by atoms with E-state index >= 15 is 0 Å². The van der Waals surface area contributed by atoms with Gasteiger partial charge in [0.15, 0.2) is 0 Å². The Kier molecular flexibility index (Phi) is 5.50. The van der Waals surface area contributed by atoms with Crippen molar-refractivity contribution in [1.29, 1.82) is 0 Å². The number of para-hydroxylation sites is 1. The molecule has 2 aromatic carbocycles. The molecular formula is C26H28N4O3. The zero-order valence-corrected chi connectivity index (χ0v) is 19.1. The number of hydrogen-bond donors (Lipinski definition) is 1. The highest BCUT2D eigenvalue weighted by atomic mass is 16.7. The number of carbonyl (C=O) groups excluding carboxylic acids is 1. The number of benzene rings is 2. The summed E-state index contributed by atoms with van der Waals surface area (Å²) in [5.41, 5.74) is 12.0. The second-order valence-corrected chi connectivity index (χ2v) is 8.73. The van der Waals surface area contributed by atoms with Gasteiger partial charge in [0.05, 0.1) is 5.52 Å². The van der Waals surface area contributed by atoms with Gasteiger partial charge in [-0.05, 0) is 74.9 Å². The average Bonchev–Trinajstić information content (AvgIpc) is 3.09. The first kappa shape index (κ1) is 21.4. The molecule has 33 heavy (non-hydrogen) atoms. The fraction of sp³-hybridized carbons (Fsp3) is 0.346. The molecular weight excluding hydrogens is 416 g/mol. The maximum atomic E-state index is 13.7. The monoisotopic (exact) mass is 444 g/mol. The van der Waals surface area contributed by atoms with Gasteiger partial charge < -0.3 is 15.1 Å². The van der Waals surface area contributed by atoms with Gasteiger partial charge in [-0.1, -0.05) is 18.2 Å². The average molecular weight is 445 g/mol. The van der Waals surface area contributed by atoms with Crippen molar-refractivity contribution in [2.75, 3.05) is 6.54 Å². The van der Waals surface area contributed by atoms with Crippen LogP contribution in [-0.2, 0) is 24.2 Å². The Bertz CT molecular complexity index is 1450. The van der Waals surface area contributed by atoms with E-state index in [1.807, 2.05) is 37.3 Å². The summed E-state index contributed by atoms with van der Waals surface area (Å²) in [7, 11) is 0. The third kappa shape index (κ3) is 3.62. The fourth-order valence-corrected chi connectivity index (χ4v) is 5.04. The minimum Gasteiger partial charge on any atom is -0.344 e. The van der Waals surface area contributed by atoms with Crippen LogP contribution in [-0.4, -0.2) is 26.8 Å². The number of aryl methyl sites for hydroxylation is 3. The molecule has 0 spiro atoms. The van der Waals surface area contributed by atoms with Crippen molar-refractivity contribution in [1.82, 2.24) is 14.3 Å². The molecule has 170 valence electrons. The van der Waals surface area contributed by atoms with Crippen molar-refractivity contribution in [2.45, 2.75) is 52.5 Å². The molecule has 0 saturated heterocycles. The zero-order valence-electron chi connectivity index (χ0n) is 19.1. The van der Waals surface area contributed by atoms with Gasteiger partial charge in [-0.25, -0.2) is 9.78 Å². The minimum atomic E-state index is -0.546. The van der Waals surface area contributed by atoms with Crippen molar-refractivity contribution in [3.63, 3.8) is 0 Å². The Hall–Kier alpha value is -3.45. The first-order valence-corrected chi connectivity index (χ1v) is 11.6. The number of rotatable bonds is 5. The van der Waals surface area contributed by atoms with Gasteiger partial charge in [-0.3, -0.25) is 4.79 Å². The largest absolute Gasteiger partial charge is 0.344 e. The van der Waals surface area contributed by atoms with Crippen molar-refractivity contribution in [3.05, 3.63) is 63.6 Å². The smallest absolute Gasteiger partial charge is 0.330 e. The van der Waals surface area contributed by atoms with E-state index in [1.165, 1.54) is 18.1 Å². The maximum absolute atomic E-state index is 13.7. The molecule has 5 rings (SSSR count). The lowest BCUT2D eigenvalue weighted by Crippen LogP contribution is -2.32. The molecule has 0 bridgehead atoms. The van der Waals surface area contributed by atoms with Gasteiger partial charge in [0.2, 0.25) is 0 Å². The molecule has 7 heteroatoms. The number of nitrogens with zero attached hydrogens (tertiary/aromatic N) is 3. The Morgan fingerprint density at radius 1 is 1.12 bits per heavy atom. The van der Waals surface area contributed by atoms with Crippen LogP contribution < -0.4 is 16.1 Å².